The zero-order chi connectivity index (χ0) is 9.47. The predicted octanol–water partition coefficient (Wildman–Crippen LogP) is 0.663. The Kier molecular flexibility index (Phi) is 2.34. The third-order valence-corrected chi connectivity index (χ3v) is 3.70. The summed E-state index contributed by atoms with van der Waals surface area (Å²) in [6.07, 6.45) is 0. The Morgan fingerprint density at radius 2 is 2.31 bits per heavy atom. The number of nitrogens with zero attached hydrogens (tertiary/aromatic N) is 1. The van der Waals surface area contributed by atoms with Crippen molar-refractivity contribution in [1.82, 2.24) is 10.2 Å². The molecule has 2 saturated heterocycles. The smallest absolute Gasteiger partial charge is 0.100 e. The SMILES string of the molecule is CC(C)[C@@]1(C)OCN2CCNC[C@H]21. The van der Waals surface area contributed by atoms with Gasteiger partial charge in [0, 0.05) is 19.6 Å². The molecule has 3 heteroatoms. The first-order valence-electron chi connectivity index (χ1n) is 5.23. The second-order valence-electron chi connectivity index (χ2n) is 4.64. The van der Waals surface area contributed by atoms with Gasteiger partial charge in [0.2, 0.25) is 0 Å². The molecular formula is C10H20N2O. The van der Waals surface area contributed by atoms with E-state index >= 15 is 0 Å². The van der Waals surface area contributed by atoms with E-state index < -0.39 is 0 Å². The summed E-state index contributed by atoms with van der Waals surface area (Å²) in [7, 11) is 0. The van der Waals surface area contributed by atoms with Gasteiger partial charge in [-0.15, -0.1) is 0 Å². The summed E-state index contributed by atoms with van der Waals surface area (Å²) in [6.45, 7) is 10.9. The highest BCUT2D eigenvalue weighted by molar-refractivity contribution is 5.00. The summed E-state index contributed by atoms with van der Waals surface area (Å²) in [5, 5.41) is 3.44. The van der Waals surface area contributed by atoms with E-state index in [9.17, 15) is 0 Å². The molecule has 2 aliphatic heterocycles. The number of hydrogen-bond donors (Lipinski definition) is 1. The molecule has 76 valence electrons. The van der Waals surface area contributed by atoms with Crippen molar-refractivity contribution in [3.8, 4) is 0 Å². The molecule has 0 spiro atoms. The van der Waals surface area contributed by atoms with Crippen LogP contribution < -0.4 is 5.32 Å². The summed E-state index contributed by atoms with van der Waals surface area (Å²) in [4.78, 5) is 2.45. The first-order chi connectivity index (χ1) is 6.14. The number of rotatable bonds is 1. The Hall–Kier alpha value is -0.120. The fraction of sp³-hybridized carbons (Fsp3) is 1.00. The van der Waals surface area contributed by atoms with Crippen molar-refractivity contribution >= 4 is 0 Å². The Balaban J connectivity index is 2.14. The fourth-order valence-corrected chi connectivity index (χ4v) is 2.34. The average Bonchev–Trinajstić information content (AvgIpc) is 2.47. The molecule has 0 amide bonds. The van der Waals surface area contributed by atoms with Crippen LogP contribution in [-0.2, 0) is 4.74 Å². The molecule has 2 aliphatic rings. The topological polar surface area (TPSA) is 24.5 Å². The summed E-state index contributed by atoms with van der Waals surface area (Å²) in [5.41, 5.74) is 0.0490. The van der Waals surface area contributed by atoms with E-state index in [-0.39, 0.29) is 5.60 Å². The van der Waals surface area contributed by atoms with Crippen LogP contribution in [0.25, 0.3) is 0 Å². The van der Waals surface area contributed by atoms with Gasteiger partial charge in [0.1, 0.15) is 6.73 Å². The van der Waals surface area contributed by atoms with Crippen molar-refractivity contribution < 1.29 is 4.74 Å². The Labute approximate surface area is 80.4 Å². The van der Waals surface area contributed by atoms with Crippen molar-refractivity contribution in [3.05, 3.63) is 0 Å². The number of fused-ring (bicyclic) bond motifs is 1. The first-order valence-corrected chi connectivity index (χ1v) is 5.23. The van der Waals surface area contributed by atoms with E-state index in [2.05, 4.69) is 31.0 Å². The standard InChI is InChI=1S/C10H20N2O/c1-8(2)10(3)9-6-11-4-5-12(9)7-13-10/h8-9,11H,4-7H2,1-3H3/t9-,10+/m0/s1. The highest BCUT2D eigenvalue weighted by Crippen LogP contribution is 2.34. The number of ether oxygens (including phenoxy) is 1. The molecule has 2 heterocycles. The van der Waals surface area contributed by atoms with Crippen LogP contribution in [0.2, 0.25) is 0 Å². The fourth-order valence-electron chi connectivity index (χ4n) is 2.34. The number of nitrogens with one attached hydrogen (secondary N) is 1. The molecule has 0 aromatic rings. The van der Waals surface area contributed by atoms with Gasteiger partial charge in [0.05, 0.1) is 11.6 Å². The summed E-state index contributed by atoms with van der Waals surface area (Å²) in [5.74, 6) is 0.586. The zero-order valence-electron chi connectivity index (χ0n) is 8.84. The minimum absolute atomic E-state index is 0.0490. The molecule has 0 aromatic carbocycles. The Morgan fingerprint density at radius 1 is 1.54 bits per heavy atom. The lowest BCUT2D eigenvalue weighted by Gasteiger charge is -2.39. The highest BCUT2D eigenvalue weighted by atomic mass is 16.5. The van der Waals surface area contributed by atoms with Gasteiger partial charge in [-0.25, -0.2) is 0 Å². The lowest BCUT2D eigenvalue weighted by atomic mass is 9.84. The molecule has 0 bridgehead atoms. The van der Waals surface area contributed by atoms with Crippen LogP contribution in [0.4, 0.5) is 0 Å². The molecule has 0 saturated carbocycles. The van der Waals surface area contributed by atoms with Crippen molar-refractivity contribution in [3.63, 3.8) is 0 Å². The maximum Gasteiger partial charge on any atom is 0.100 e. The quantitative estimate of drug-likeness (QED) is 0.648. The molecule has 1 N–H and O–H groups in total. The van der Waals surface area contributed by atoms with E-state index in [4.69, 9.17) is 4.74 Å². The van der Waals surface area contributed by atoms with Gasteiger partial charge in [-0.05, 0) is 12.8 Å². The van der Waals surface area contributed by atoms with Crippen LogP contribution in [0, 0.1) is 5.92 Å². The largest absolute Gasteiger partial charge is 0.358 e. The molecule has 2 rings (SSSR count). The van der Waals surface area contributed by atoms with Crippen LogP contribution in [0.3, 0.4) is 0 Å². The molecule has 0 aromatic heterocycles. The normalized spacial score (nSPS) is 41.1. The van der Waals surface area contributed by atoms with Crippen LogP contribution in [0.5, 0.6) is 0 Å². The number of piperazine rings is 1. The van der Waals surface area contributed by atoms with Gasteiger partial charge >= 0.3 is 0 Å². The van der Waals surface area contributed by atoms with Crippen LogP contribution in [-0.4, -0.2) is 42.9 Å². The summed E-state index contributed by atoms with van der Waals surface area (Å²) < 4.78 is 5.93. The van der Waals surface area contributed by atoms with Gasteiger partial charge in [-0.1, -0.05) is 13.8 Å². The Bertz CT molecular complexity index is 195. The summed E-state index contributed by atoms with van der Waals surface area (Å²) >= 11 is 0. The molecule has 2 atom stereocenters. The van der Waals surface area contributed by atoms with Crippen LogP contribution in [0.15, 0.2) is 0 Å². The van der Waals surface area contributed by atoms with Crippen LogP contribution in [0.1, 0.15) is 20.8 Å². The van der Waals surface area contributed by atoms with Crippen molar-refractivity contribution in [2.24, 2.45) is 5.92 Å². The molecular weight excluding hydrogens is 164 g/mol. The van der Waals surface area contributed by atoms with E-state index in [0.29, 0.717) is 12.0 Å². The van der Waals surface area contributed by atoms with E-state index in [1.54, 1.807) is 0 Å². The van der Waals surface area contributed by atoms with Gasteiger partial charge in [0.25, 0.3) is 0 Å². The summed E-state index contributed by atoms with van der Waals surface area (Å²) in [6, 6.07) is 0.571. The molecule has 0 unspecified atom stereocenters. The lowest BCUT2D eigenvalue weighted by Crippen LogP contribution is -2.56. The minimum Gasteiger partial charge on any atom is -0.358 e. The third-order valence-electron chi connectivity index (χ3n) is 3.70. The van der Waals surface area contributed by atoms with E-state index in [1.807, 2.05) is 0 Å². The van der Waals surface area contributed by atoms with Crippen molar-refractivity contribution in [1.29, 1.82) is 0 Å². The molecule has 0 radical (unpaired) electrons. The zero-order valence-corrected chi connectivity index (χ0v) is 8.84. The second-order valence-corrected chi connectivity index (χ2v) is 4.64. The van der Waals surface area contributed by atoms with Crippen molar-refractivity contribution in [2.45, 2.75) is 32.4 Å². The lowest BCUT2D eigenvalue weighted by molar-refractivity contribution is -0.0261. The van der Waals surface area contributed by atoms with Crippen LogP contribution >= 0.6 is 0 Å². The second kappa shape index (κ2) is 3.23. The number of hydrogen-bond acceptors (Lipinski definition) is 3. The Morgan fingerprint density at radius 3 is 3.00 bits per heavy atom. The molecule has 13 heavy (non-hydrogen) atoms. The maximum absolute atomic E-state index is 5.93. The third kappa shape index (κ3) is 1.39. The van der Waals surface area contributed by atoms with Gasteiger partial charge in [-0.3, -0.25) is 4.90 Å². The maximum atomic E-state index is 5.93. The van der Waals surface area contributed by atoms with Gasteiger partial charge in [-0.2, -0.15) is 0 Å². The van der Waals surface area contributed by atoms with Gasteiger partial charge in [0.15, 0.2) is 0 Å². The van der Waals surface area contributed by atoms with Gasteiger partial charge < -0.3 is 10.1 Å². The highest BCUT2D eigenvalue weighted by Gasteiger charge is 2.47. The van der Waals surface area contributed by atoms with Crippen molar-refractivity contribution in [2.75, 3.05) is 26.4 Å². The molecule has 2 fully saturated rings. The van der Waals surface area contributed by atoms with E-state index in [1.165, 1.54) is 0 Å². The molecule has 0 aliphatic carbocycles. The van der Waals surface area contributed by atoms with E-state index in [0.717, 1.165) is 26.4 Å². The minimum atomic E-state index is 0.0490. The predicted molar refractivity (Wildman–Crippen MR) is 52.6 cm³/mol. The monoisotopic (exact) mass is 184 g/mol. The molecule has 3 nitrogen and oxygen atoms in total. The first kappa shape index (κ1) is 9.44. The average molecular weight is 184 g/mol.